The summed E-state index contributed by atoms with van der Waals surface area (Å²) in [6, 6.07) is 1.31. The van der Waals surface area contributed by atoms with E-state index in [0.29, 0.717) is 11.9 Å². The van der Waals surface area contributed by atoms with Gasteiger partial charge in [0.25, 0.3) is 0 Å². The summed E-state index contributed by atoms with van der Waals surface area (Å²) < 4.78 is 0. The number of rotatable bonds is 2. The van der Waals surface area contributed by atoms with E-state index in [2.05, 4.69) is 5.32 Å². The third kappa shape index (κ3) is 1.93. The van der Waals surface area contributed by atoms with Crippen molar-refractivity contribution in [3.63, 3.8) is 0 Å². The summed E-state index contributed by atoms with van der Waals surface area (Å²) in [5, 5.41) is 3.92. The van der Waals surface area contributed by atoms with Crippen LogP contribution in [-0.2, 0) is 4.79 Å². The minimum atomic E-state index is 0.321. The molecule has 106 valence electrons. The second kappa shape index (κ2) is 4.47. The molecular formula is C16H26N2O. The minimum absolute atomic E-state index is 0.321. The SMILES string of the molecule is CN1CC(NC2CC3CC2C2CCCC32)CCC1=O. The zero-order chi connectivity index (χ0) is 13.0. The fourth-order valence-corrected chi connectivity index (χ4v) is 5.71. The maximum atomic E-state index is 11.6. The van der Waals surface area contributed by atoms with Crippen LogP contribution in [0.2, 0.25) is 0 Å². The summed E-state index contributed by atoms with van der Waals surface area (Å²) in [6.07, 6.45) is 9.18. The molecule has 3 nitrogen and oxygen atoms in total. The van der Waals surface area contributed by atoms with E-state index in [1.54, 1.807) is 0 Å². The molecule has 4 aliphatic rings. The van der Waals surface area contributed by atoms with Gasteiger partial charge in [0.2, 0.25) is 5.91 Å². The van der Waals surface area contributed by atoms with Crippen molar-refractivity contribution in [2.75, 3.05) is 13.6 Å². The van der Waals surface area contributed by atoms with Gasteiger partial charge < -0.3 is 10.2 Å². The van der Waals surface area contributed by atoms with Gasteiger partial charge in [-0.15, -0.1) is 0 Å². The Labute approximate surface area is 116 Å². The molecule has 3 heteroatoms. The summed E-state index contributed by atoms with van der Waals surface area (Å²) in [4.78, 5) is 13.5. The van der Waals surface area contributed by atoms with Gasteiger partial charge in [0.1, 0.15) is 0 Å². The number of likely N-dealkylation sites (N-methyl/N-ethyl adjacent to an activating group) is 1. The fraction of sp³-hybridized carbons (Fsp3) is 0.938. The van der Waals surface area contributed by atoms with Gasteiger partial charge in [-0.05, 0) is 55.8 Å². The molecule has 0 radical (unpaired) electrons. The summed E-state index contributed by atoms with van der Waals surface area (Å²) in [7, 11) is 1.95. The van der Waals surface area contributed by atoms with Gasteiger partial charge in [-0.2, -0.15) is 0 Å². The molecule has 1 amide bonds. The Balaban J connectivity index is 1.38. The molecule has 0 aromatic heterocycles. The van der Waals surface area contributed by atoms with Gasteiger partial charge in [0.15, 0.2) is 0 Å². The van der Waals surface area contributed by atoms with Crippen molar-refractivity contribution in [1.29, 1.82) is 0 Å². The molecule has 0 aromatic carbocycles. The Morgan fingerprint density at radius 3 is 2.79 bits per heavy atom. The molecule has 6 unspecified atom stereocenters. The van der Waals surface area contributed by atoms with E-state index in [1.165, 1.54) is 32.1 Å². The molecule has 6 atom stereocenters. The van der Waals surface area contributed by atoms with Crippen molar-refractivity contribution in [3.05, 3.63) is 0 Å². The smallest absolute Gasteiger partial charge is 0.222 e. The Hall–Kier alpha value is -0.570. The number of amides is 1. The van der Waals surface area contributed by atoms with Crippen molar-refractivity contribution < 1.29 is 4.79 Å². The van der Waals surface area contributed by atoms with Crippen LogP contribution >= 0.6 is 0 Å². The van der Waals surface area contributed by atoms with Crippen LogP contribution in [-0.4, -0.2) is 36.5 Å². The first kappa shape index (κ1) is 12.2. The fourth-order valence-electron chi connectivity index (χ4n) is 5.71. The average molecular weight is 262 g/mol. The second-order valence-electron chi connectivity index (χ2n) is 7.44. The molecule has 3 saturated carbocycles. The number of piperidine rings is 1. The first-order valence-electron chi connectivity index (χ1n) is 8.22. The van der Waals surface area contributed by atoms with Gasteiger partial charge >= 0.3 is 0 Å². The van der Waals surface area contributed by atoms with Crippen LogP contribution in [0.3, 0.4) is 0 Å². The zero-order valence-corrected chi connectivity index (χ0v) is 12.0. The number of fused-ring (bicyclic) bond motifs is 5. The lowest BCUT2D eigenvalue weighted by atomic mass is 9.79. The lowest BCUT2D eigenvalue weighted by molar-refractivity contribution is -0.132. The number of hydrogen-bond donors (Lipinski definition) is 1. The van der Waals surface area contributed by atoms with E-state index >= 15 is 0 Å². The molecule has 1 saturated heterocycles. The van der Waals surface area contributed by atoms with Crippen molar-refractivity contribution in [1.82, 2.24) is 10.2 Å². The Morgan fingerprint density at radius 2 is 1.95 bits per heavy atom. The van der Waals surface area contributed by atoms with Crippen LogP contribution in [0.5, 0.6) is 0 Å². The lowest BCUT2D eigenvalue weighted by Crippen LogP contribution is -2.52. The molecular weight excluding hydrogens is 236 g/mol. The van der Waals surface area contributed by atoms with Crippen molar-refractivity contribution >= 4 is 5.91 Å². The summed E-state index contributed by atoms with van der Waals surface area (Å²) >= 11 is 0. The van der Waals surface area contributed by atoms with Gasteiger partial charge in [0, 0.05) is 32.1 Å². The molecule has 1 aliphatic heterocycles. The van der Waals surface area contributed by atoms with E-state index < -0.39 is 0 Å². The van der Waals surface area contributed by atoms with Gasteiger partial charge in [-0.25, -0.2) is 0 Å². The quantitative estimate of drug-likeness (QED) is 0.826. The summed E-state index contributed by atoms with van der Waals surface area (Å²) in [6.45, 7) is 0.917. The summed E-state index contributed by atoms with van der Waals surface area (Å²) in [5.74, 6) is 4.43. The molecule has 19 heavy (non-hydrogen) atoms. The highest BCUT2D eigenvalue weighted by Crippen LogP contribution is 2.58. The van der Waals surface area contributed by atoms with Crippen molar-refractivity contribution in [3.8, 4) is 0 Å². The number of carbonyl (C=O) groups excluding carboxylic acids is 1. The maximum absolute atomic E-state index is 11.6. The van der Waals surface area contributed by atoms with E-state index in [4.69, 9.17) is 0 Å². The zero-order valence-electron chi connectivity index (χ0n) is 12.0. The molecule has 0 spiro atoms. The monoisotopic (exact) mass is 262 g/mol. The van der Waals surface area contributed by atoms with Crippen LogP contribution in [0.4, 0.5) is 0 Å². The van der Waals surface area contributed by atoms with E-state index in [9.17, 15) is 4.79 Å². The molecule has 1 N–H and O–H groups in total. The third-order valence-corrected chi connectivity index (χ3v) is 6.51. The molecule has 3 aliphatic carbocycles. The van der Waals surface area contributed by atoms with E-state index in [1.807, 2.05) is 11.9 Å². The number of nitrogens with one attached hydrogen (secondary N) is 1. The predicted octanol–water partition coefficient (Wildman–Crippen LogP) is 2.02. The standard InChI is InChI=1S/C16H26N2O/c1-18-9-11(5-6-16(18)19)17-15-8-10-7-14(15)13-4-2-3-12(10)13/h10-15,17H,2-9H2,1H3. The number of carbonyl (C=O) groups is 1. The van der Waals surface area contributed by atoms with Crippen LogP contribution in [0.1, 0.15) is 44.9 Å². The van der Waals surface area contributed by atoms with Gasteiger partial charge in [0.05, 0.1) is 0 Å². The highest BCUT2D eigenvalue weighted by atomic mass is 16.2. The lowest BCUT2D eigenvalue weighted by Gasteiger charge is -2.37. The molecule has 4 rings (SSSR count). The molecule has 2 bridgehead atoms. The molecule has 4 fully saturated rings. The van der Waals surface area contributed by atoms with Gasteiger partial charge in [-0.3, -0.25) is 4.79 Å². The number of hydrogen-bond acceptors (Lipinski definition) is 2. The van der Waals surface area contributed by atoms with Crippen LogP contribution in [0.25, 0.3) is 0 Å². The largest absolute Gasteiger partial charge is 0.344 e. The Kier molecular flexibility index (Phi) is 2.87. The van der Waals surface area contributed by atoms with Crippen LogP contribution < -0.4 is 5.32 Å². The number of likely N-dealkylation sites (tertiary alicyclic amines) is 1. The highest BCUT2D eigenvalue weighted by molar-refractivity contribution is 5.76. The maximum Gasteiger partial charge on any atom is 0.222 e. The van der Waals surface area contributed by atoms with E-state index in [0.717, 1.165) is 49.1 Å². The van der Waals surface area contributed by atoms with Gasteiger partial charge in [-0.1, -0.05) is 6.42 Å². The highest BCUT2D eigenvalue weighted by Gasteiger charge is 2.53. The first-order chi connectivity index (χ1) is 9.22. The van der Waals surface area contributed by atoms with Crippen molar-refractivity contribution in [2.24, 2.45) is 23.7 Å². The first-order valence-corrected chi connectivity index (χ1v) is 8.22. The van der Waals surface area contributed by atoms with E-state index in [-0.39, 0.29) is 0 Å². The van der Waals surface area contributed by atoms with Crippen LogP contribution in [0.15, 0.2) is 0 Å². The third-order valence-electron chi connectivity index (χ3n) is 6.51. The van der Waals surface area contributed by atoms with Crippen molar-refractivity contribution in [2.45, 2.75) is 57.0 Å². The molecule has 1 heterocycles. The predicted molar refractivity (Wildman–Crippen MR) is 74.6 cm³/mol. The molecule has 0 aromatic rings. The Morgan fingerprint density at radius 1 is 1.11 bits per heavy atom. The topological polar surface area (TPSA) is 32.3 Å². The number of nitrogens with zero attached hydrogens (tertiary/aromatic N) is 1. The van der Waals surface area contributed by atoms with Crippen LogP contribution in [0, 0.1) is 23.7 Å². The normalized spacial score (nSPS) is 48.9. The second-order valence-corrected chi connectivity index (χ2v) is 7.44. The minimum Gasteiger partial charge on any atom is -0.344 e. The summed E-state index contributed by atoms with van der Waals surface area (Å²) in [5.41, 5.74) is 0. The average Bonchev–Trinajstić information content (AvgIpc) is 3.05. The Bertz CT molecular complexity index is 383.